The van der Waals surface area contributed by atoms with E-state index in [1.165, 1.54) is 6.20 Å². The van der Waals surface area contributed by atoms with Gasteiger partial charge in [-0.15, -0.1) is 0 Å². The zero-order valence-electron chi connectivity index (χ0n) is 8.98. The second-order valence-corrected chi connectivity index (χ2v) is 3.57. The minimum atomic E-state index is -0.622. The van der Waals surface area contributed by atoms with Gasteiger partial charge in [0, 0.05) is 6.20 Å². The van der Waals surface area contributed by atoms with Gasteiger partial charge in [-0.05, 0) is 12.1 Å². The van der Waals surface area contributed by atoms with Crippen LogP contribution >= 0.6 is 0 Å². The molecule has 3 aromatic heterocycles. The van der Waals surface area contributed by atoms with Crippen molar-refractivity contribution in [1.29, 1.82) is 0 Å². The number of nitro groups is 1. The van der Waals surface area contributed by atoms with Crippen molar-refractivity contribution >= 4 is 17.2 Å². The molecule has 0 unspecified atom stereocenters. The fourth-order valence-corrected chi connectivity index (χ4v) is 1.75. The van der Waals surface area contributed by atoms with Gasteiger partial charge < -0.3 is 10.3 Å². The fraction of sp³-hybridized carbons (Fsp3) is 0. The number of fused-ring (bicyclic) bond motifs is 1. The number of anilines is 1. The molecule has 18 heavy (non-hydrogen) atoms. The molecular formula is C10H7N5O3. The first kappa shape index (κ1) is 10.3. The topological polar surface area (TPSA) is 112 Å². The summed E-state index contributed by atoms with van der Waals surface area (Å²) in [5.74, 6) is -0.319. The van der Waals surface area contributed by atoms with E-state index in [-0.39, 0.29) is 17.3 Å². The van der Waals surface area contributed by atoms with E-state index in [2.05, 4.69) is 14.7 Å². The Kier molecular flexibility index (Phi) is 2.03. The first-order valence-corrected chi connectivity index (χ1v) is 5.00. The molecule has 8 heteroatoms. The third-order valence-electron chi connectivity index (χ3n) is 2.54. The molecule has 0 spiro atoms. The Balaban J connectivity index is 2.30. The van der Waals surface area contributed by atoms with Crippen LogP contribution in [-0.2, 0) is 0 Å². The maximum Gasteiger partial charge on any atom is 0.362 e. The monoisotopic (exact) mass is 245 g/mol. The molecule has 0 aliphatic carbocycles. The van der Waals surface area contributed by atoms with E-state index in [1.807, 2.05) is 6.07 Å². The van der Waals surface area contributed by atoms with Gasteiger partial charge in [0.05, 0.1) is 11.1 Å². The van der Waals surface area contributed by atoms with E-state index in [0.29, 0.717) is 11.3 Å². The zero-order chi connectivity index (χ0) is 12.7. The first-order valence-electron chi connectivity index (χ1n) is 5.00. The largest absolute Gasteiger partial charge is 0.362 e. The lowest BCUT2D eigenvalue weighted by Crippen LogP contribution is -1.95. The van der Waals surface area contributed by atoms with Gasteiger partial charge in [0.25, 0.3) is 0 Å². The molecule has 3 rings (SSSR count). The van der Waals surface area contributed by atoms with Gasteiger partial charge in [0.2, 0.25) is 5.69 Å². The summed E-state index contributed by atoms with van der Waals surface area (Å²) in [5.41, 5.74) is 6.22. The van der Waals surface area contributed by atoms with E-state index >= 15 is 0 Å². The van der Waals surface area contributed by atoms with Gasteiger partial charge in [0.1, 0.15) is 11.3 Å². The van der Waals surface area contributed by atoms with Crippen LogP contribution in [0.4, 0.5) is 11.6 Å². The Morgan fingerprint density at radius 2 is 2.28 bits per heavy atom. The number of nitrogens with zero attached hydrogens (tertiary/aromatic N) is 4. The van der Waals surface area contributed by atoms with E-state index in [0.717, 1.165) is 0 Å². The van der Waals surface area contributed by atoms with Gasteiger partial charge in [0.15, 0.2) is 0 Å². The molecule has 3 heterocycles. The highest BCUT2D eigenvalue weighted by Gasteiger charge is 2.28. The number of hydrogen-bond acceptors (Lipinski definition) is 6. The van der Waals surface area contributed by atoms with Crippen LogP contribution in [-0.4, -0.2) is 19.5 Å². The van der Waals surface area contributed by atoms with Crippen molar-refractivity contribution in [3.8, 4) is 11.4 Å². The summed E-state index contributed by atoms with van der Waals surface area (Å²) in [6.45, 7) is 0. The summed E-state index contributed by atoms with van der Waals surface area (Å²) in [6, 6.07) is 5.38. The third kappa shape index (κ3) is 1.32. The number of imidazole rings is 1. The highest BCUT2D eigenvalue weighted by molar-refractivity contribution is 5.74. The standard InChI is InChI=1S/C10H7N5O3/c11-10-9(15(16)17)8(13-18-10)6-5-12-7-3-1-2-4-14(6)7/h1-5H,11H2. The van der Waals surface area contributed by atoms with Crippen molar-refractivity contribution in [1.82, 2.24) is 14.5 Å². The number of aromatic nitrogens is 3. The van der Waals surface area contributed by atoms with Crippen LogP contribution in [0.25, 0.3) is 17.0 Å². The normalized spacial score (nSPS) is 10.9. The number of hydrogen-bond donors (Lipinski definition) is 1. The predicted molar refractivity (Wildman–Crippen MR) is 61.8 cm³/mol. The van der Waals surface area contributed by atoms with Crippen molar-refractivity contribution < 1.29 is 9.45 Å². The minimum absolute atomic E-state index is 0.0659. The molecule has 8 nitrogen and oxygen atoms in total. The molecule has 0 atom stereocenters. The molecule has 0 aliphatic heterocycles. The molecule has 0 bridgehead atoms. The molecule has 0 fully saturated rings. The van der Waals surface area contributed by atoms with E-state index in [1.54, 1.807) is 22.7 Å². The number of nitrogen functional groups attached to an aromatic ring is 1. The second kappa shape index (κ2) is 3.55. The zero-order valence-corrected chi connectivity index (χ0v) is 8.98. The van der Waals surface area contributed by atoms with Crippen LogP contribution in [0.3, 0.4) is 0 Å². The lowest BCUT2D eigenvalue weighted by Gasteiger charge is -1.96. The van der Waals surface area contributed by atoms with Gasteiger partial charge in [-0.2, -0.15) is 0 Å². The van der Waals surface area contributed by atoms with E-state index < -0.39 is 4.92 Å². The molecule has 0 radical (unpaired) electrons. The highest BCUT2D eigenvalue weighted by Crippen LogP contribution is 2.33. The minimum Gasteiger partial charge on any atom is -0.362 e. The molecule has 0 aliphatic rings. The van der Waals surface area contributed by atoms with Crippen LogP contribution in [0.2, 0.25) is 0 Å². The van der Waals surface area contributed by atoms with Crippen molar-refractivity contribution in [2.75, 3.05) is 5.73 Å². The van der Waals surface area contributed by atoms with Crippen molar-refractivity contribution in [2.24, 2.45) is 0 Å². The average Bonchev–Trinajstić information content (AvgIpc) is 2.92. The first-order chi connectivity index (χ1) is 8.68. The second-order valence-electron chi connectivity index (χ2n) is 3.57. The quantitative estimate of drug-likeness (QED) is 0.540. The third-order valence-corrected chi connectivity index (χ3v) is 2.54. The summed E-state index contributed by atoms with van der Waals surface area (Å²) >= 11 is 0. The smallest absolute Gasteiger partial charge is 0.362 e. The Morgan fingerprint density at radius 3 is 3.06 bits per heavy atom. The molecule has 3 aromatic rings. The van der Waals surface area contributed by atoms with Crippen LogP contribution < -0.4 is 5.73 Å². The Hall–Kier alpha value is -2.90. The lowest BCUT2D eigenvalue weighted by atomic mass is 10.3. The van der Waals surface area contributed by atoms with Gasteiger partial charge in [-0.3, -0.25) is 14.5 Å². The highest BCUT2D eigenvalue weighted by atomic mass is 16.6. The van der Waals surface area contributed by atoms with E-state index in [4.69, 9.17) is 5.73 Å². The summed E-state index contributed by atoms with van der Waals surface area (Å²) < 4.78 is 6.35. The van der Waals surface area contributed by atoms with Crippen molar-refractivity contribution in [3.05, 3.63) is 40.7 Å². The predicted octanol–water partition coefficient (Wildman–Crippen LogP) is 1.48. The van der Waals surface area contributed by atoms with Gasteiger partial charge in [-0.1, -0.05) is 11.2 Å². The maximum atomic E-state index is 10.9. The van der Waals surface area contributed by atoms with Crippen molar-refractivity contribution in [3.63, 3.8) is 0 Å². The lowest BCUT2D eigenvalue weighted by molar-refractivity contribution is -0.383. The molecule has 0 aromatic carbocycles. The average molecular weight is 245 g/mol. The fourth-order valence-electron chi connectivity index (χ4n) is 1.75. The SMILES string of the molecule is Nc1onc(-c2cnc3ccccn23)c1[N+](=O)[O-]. The summed E-state index contributed by atoms with van der Waals surface area (Å²) in [4.78, 5) is 14.4. The Bertz CT molecular complexity index is 745. The molecule has 0 saturated carbocycles. The molecule has 0 amide bonds. The molecule has 2 N–H and O–H groups in total. The Morgan fingerprint density at radius 1 is 1.44 bits per heavy atom. The van der Waals surface area contributed by atoms with Crippen molar-refractivity contribution in [2.45, 2.75) is 0 Å². The summed E-state index contributed by atoms with van der Waals surface area (Å²) in [7, 11) is 0. The number of nitrogens with two attached hydrogens (primary N) is 1. The van der Waals surface area contributed by atoms with E-state index in [9.17, 15) is 10.1 Å². The van der Waals surface area contributed by atoms with Crippen LogP contribution in [0.5, 0.6) is 0 Å². The van der Waals surface area contributed by atoms with Gasteiger partial charge in [-0.25, -0.2) is 4.98 Å². The maximum absolute atomic E-state index is 10.9. The number of rotatable bonds is 2. The van der Waals surface area contributed by atoms with Gasteiger partial charge >= 0.3 is 11.6 Å². The number of pyridine rings is 1. The Labute approximate surface area is 99.8 Å². The summed E-state index contributed by atoms with van der Waals surface area (Å²) in [5, 5.41) is 14.6. The van der Waals surface area contributed by atoms with Crippen LogP contribution in [0.1, 0.15) is 0 Å². The molecule has 0 saturated heterocycles. The van der Waals surface area contributed by atoms with Crippen LogP contribution in [0, 0.1) is 10.1 Å². The molecular weight excluding hydrogens is 238 g/mol. The summed E-state index contributed by atoms with van der Waals surface area (Å²) in [6.07, 6.45) is 3.21. The van der Waals surface area contributed by atoms with Crippen LogP contribution in [0.15, 0.2) is 35.1 Å². The molecule has 90 valence electrons.